The fourth-order valence-electron chi connectivity index (χ4n) is 3.39. The Kier molecular flexibility index (Phi) is 10.2. The number of nitrogens with one attached hydrogen (secondary N) is 3. The molecule has 0 spiro atoms. The second-order valence-corrected chi connectivity index (χ2v) is 9.64. The standard InChI is InChI=1S/C19H33N5O2S.HI/c1-19(2,23-27(4,25)26)15-21-18(20-3)22-17-11-8-12-24(14-17)13-16-9-6-5-7-10-16;/h5-7,9-10,17,23H,8,11-15H2,1-4H3,(H2,20,21,22);1H. The van der Waals surface area contributed by atoms with Gasteiger partial charge in [0, 0.05) is 38.3 Å². The number of piperidine rings is 1. The summed E-state index contributed by atoms with van der Waals surface area (Å²) >= 11 is 0. The minimum Gasteiger partial charge on any atom is -0.355 e. The molecule has 0 amide bonds. The van der Waals surface area contributed by atoms with Gasteiger partial charge in [-0.1, -0.05) is 30.3 Å². The van der Waals surface area contributed by atoms with Crippen LogP contribution in [0.2, 0.25) is 0 Å². The third kappa shape index (κ3) is 9.53. The Morgan fingerprint density at radius 1 is 1.29 bits per heavy atom. The van der Waals surface area contributed by atoms with Crippen LogP contribution in [0.5, 0.6) is 0 Å². The number of hydrogen-bond donors (Lipinski definition) is 3. The van der Waals surface area contributed by atoms with Crippen molar-refractivity contribution in [3.05, 3.63) is 35.9 Å². The van der Waals surface area contributed by atoms with Crippen molar-refractivity contribution in [2.75, 3.05) is 32.9 Å². The maximum absolute atomic E-state index is 11.5. The summed E-state index contributed by atoms with van der Waals surface area (Å²) in [6, 6.07) is 10.8. The lowest BCUT2D eigenvalue weighted by atomic mass is 10.0. The summed E-state index contributed by atoms with van der Waals surface area (Å²) in [5, 5.41) is 6.71. The summed E-state index contributed by atoms with van der Waals surface area (Å²) in [6.07, 6.45) is 3.41. The Labute approximate surface area is 186 Å². The highest BCUT2D eigenvalue weighted by atomic mass is 127. The van der Waals surface area contributed by atoms with Gasteiger partial charge in [-0.3, -0.25) is 9.89 Å². The molecule has 1 aromatic carbocycles. The van der Waals surface area contributed by atoms with Crippen LogP contribution in [0, 0.1) is 0 Å². The van der Waals surface area contributed by atoms with Crippen LogP contribution in [0.4, 0.5) is 0 Å². The molecule has 0 aromatic heterocycles. The molecule has 9 heteroatoms. The largest absolute Gasteiger partial charge is 0.355 e. The van der Waals surface area contributed by atoms with Crippen molar-refractivity contribution < 1.29 is 8.42 Å². The number of halogens is 1. The molecule has 1 aromatic rings. The number of nitrogens with zero attached hydrogens (tertiary/aromatic N) is 2. The van der Waals surface area contributed by atoms with Crippen molar-refractivity contribution in [3.63, 3.8) is 0 Å². The lowest BCUT2D eigenvalue weighted by molar-refractivity contribution is 0.192. The Hall–Kier alpha value is -0.910. The highest BCUT2D eigenvalue weighted by Crippen LogP contribution is 2.13. The molecule has 0 aliphatic carbocycles. The van der Waals surface area contributed by atoms with Crippen LogP contribution in [0.15, 0.2) is 35.3 Å². The van der Waals surface area contributed by atoms with Gasteiger partial charge in [-0.2, -0.15) is 0 Å². The third-order valence-electron chi connectivity index (χ3n) is 4.48. The number of likely N-dealkylation sites (tertiary alicyclic amines) is 1. The molecule has 2 rings (SSSR count). The van der Waals surface area contributed by atoms with Gasteiger partial charge in [0.15, 0.2) is 5.96 Å². The maximum atomic E-state index is 11.5. The van der Waals surface area contributed by atoms with Crippen LogP contribution in [-0.4, -0.2) is 63.8 Å². The van der Waals surface area contributed by atoms with E-state index in [1.54, 1.807) is 7.05 Å². The van der Waals surface area contributed by atoms with Gasteiger partial charge < -0.3 is 10.6 Å². The molecule has 0 radical (unpaired) electrons. The van der Waals surface area contributed by atoms with Gasteiger partial charge >= 0.3 is 0 Å². The van der Waals surface area contributed by atoms with Crippen molar-refractivity contribution in [3.8, 4) is 0 Å². The zero-order chi connectivity index (χ0) is 19.9. The van der Waals surface area contributed by atoms with E-state index in [0.29, 0.717) is 18.5 Å². The summed E-state index contributed by atoms with van der Waals surface area (Å²) in [5.74, 6) is 0.699. The molecule has 0 saturated carbocycles. The molecule has 1 aliphatic rings. The molecule has 1 fully saturated rings. The van der Waals surface area contributed by atoms with E-state index in [0.717, 1.165) is 32.5 Å². The first-order valence-electron chi connectivity index (χ1n) is 9.39. The molecule has 1 saturated heterocycles. The van der Waals surface area contributed by atoms with E-state index in [4.69, 9.17) is 0 Å². The fourth-order valence-corrected chi connectivity index (χ4v) is 4.47. The predicted molar refractivity (Wildman–Crippen MR) is 127 cm³/mol. The molecule has 1 aliphatic heterocycles. The van der Waals surface area contributed by atoms with Crippen LogP contribution >= 0.6 is 24.0 Å². The first kappa shape index (κ1) is 25.1. The van der Waals surface area contributed by atoms with E-state index in [-0.39, 0.29) is 24.0 Å². The SMILES string of the molecule is CN=C(NCC(C)(C)NS(C)(=O)=O)NC1CCCN(Cc2ccccc2)C1.I. The molecule has 1 atom stereocenters. The Bertz CT molecular complexity index is 725. The van der Waals surface area contributed by atoms with Crippen molar-refractivity contribution in [2.45, 2.75) is 44.8 Å². The van der Waals surface area contributed by atoms with E-state index in [9.17, 15) is 8.42 Å². The highest BCUT2D eigenvalue weighted by Gasteiger charge is 2.24. The normalized spacial score (nSPS) is 19.0. The topological polar surface area (TPSA) is 85.8 Å². The number of aliphatic imine (C=N–C) groups is 1. The lowest BCUT2D eigenvalue weighted by Crippen LogP contribution is -2.56. The number of benzene rings is 1. The fraction of sp³-hybridized carbons (Fsp3) is 0.632. The number of sulfonamides is 1. The minimum atomic E-state index is -3.26. The van der Waals surface area contributed by atoms with Crippen LogP contribution < -0.4 is 15.4 Å². The van der Waals surface area contributed by atoms with Crippen molar-refractivity contribution >= 4 is 40.0 Å². The van der Waals surface area contributed by atoms with Crippen LogP contribution in [-0.2, 0) is 16.6 Å². The zero-order valence-electron chi connectivity index (χ0n) is 17.2. The highest BCUT2D eigenvalue weighted by molar-refractivity contribution is 14.0. The molecule has 160 valence electrons. The van der Waals surface area contributed by atoms with Crippen LogP contribution in [0.3, 0.4) is 0 Å². The Morgan fingerprint density at radius 2 is 1.96 bits per heavy atom. The Morgan fingerprint density at radius 3 is 2.57 bits per heavy atom. The molecule has 28 heavy (non-hydrogen) atoms. The smallest absolute Gasteiger partial charge is 0.209 e. The molecule has 1 heterocycles. The minimum absolute atomic E-state index is 0. The van der Waals surface area contributed by atoms with E-state index < -0.39 is 15.6 Å². The molecule has 0 bridgehead atoms. The number of guanidine groups is 1. The van der Waals surface area contributed by atoms with Gasteiger partial charge in [-0.15, -0.1) is 24.0 Å². The first-order chi connectivity index (χ1) is 12.7. The van der Waals surface area contributed by atoms with Gasteiger partial charge in [0.05, 0.1) is 6.26 Å². The Balaban J connectivity index is 0.00000392. The first-order valence-corrected chi connectivity index (χ1v) is 11.3. The monoisotopic (exact) mass is 523 g/mol. The lowest BCUT2D eigenvalue weighted by Gasteiger charge is -2.34. The second kappa shape index (κ2) is 11.3. The quantitative estimate of drug-likeness (QED) is 0.288. The van der Waals surface area contributed by atoms with Crippen LogP contribution in [0.1, 0.15) is 32.3 Å². The van der Waals surface area contributed by atoms with E-state index in [2.05, 4.69) is 49.5 Å². The van der Waals surface area contributed by atoms with Crippen LogP contribution in [0.25, 0.3) is 0 Å². The zero-order valence-corrected chi connectivity index (χ0v) is 20.4. The number of rotatable bonds is 7. The van der Waals surface area contributed by atoms with Gasteiger partial charge in [-0.05, 0) is 38.8 Å². The van der Waals surface area contributed by atoms with E-state index in [1.807, 2.05) is 19.9 Å². The van der Waals surface area contributed by atoms with E-state index in [1.165, 1.54) is 11.8 Å². The van der Waals surface area contributed by atoms with Crippen molar-refractivity contribution in [1.29, 1.82) is 0 Å². The average Bonchev–Trinajstić information content (AvgIpc) is 2.58. The third-order valence-corrected chi connectivity index (χ3v) is 5.40. The number of hydrogen-bond acceptors (Lipinski definition) is 4. The summed E-state index contributed by atoms with van der Waals surface area (Å²) in [5.41, 5.74) is 0.728. The maximum Gasteiger partial charge on any atom is 0.209 e. The molecule has 1 unspecified atom stereocenters. The average molecular weight is 523 g/mol. The summed E-state index contributed by atoms with van der Waals surface area (Å²) in [6.45, 7) is 7.15. The summed E-state index contributed by atoms with van der Waals surface area (Å²) < 4.78 is 25.6. The summed E-state index contributed by atoms with van der Waals surface area (Å²) in [4.78, 5) is 6.75. The summed E-state index contributed by atoms with van der Waals surface area (Å²) in [7, 11) is -1.52. The predicted octanol–water partition coefficient (Wildman–Crippen LogP) is 1.76. The van der Waals surface area contributed by atoms with Gasteiger partial charge in [0.2, 0.25) is 10.0 Å². The van der Waals surface area contributed by atoms with E-state index >= 15 is 0 Å². The van der Waals surface area contributed by atoms with Crippen molar-refractivity contribution in [2.24, 2.45) is 4.99 Å². The molecule has 7 nitrogen and oxygen atoms in total. The van der Waals surface area contributed by atoms with Gasteiger partial charge in [0.25, 0.3) is 0 Å². The second-order valence-electron chi connectivity index (χ2n) is 7.89. The molecular formula is C19H34IN5O2S. The van der Waals surface area contributed by atoms with Gasteiger partial charge in [-0.25, -0.2) is 13.1 Å². The molecular weight excluding hydrogens is 489 g/mol. The van der Waals surface area contributed by atoms with Gasteiger partial charge in [0.1, 0.15) is 0 Å². The van der Waals surface area contributed by atoms with Crippen molar-refractivity contribution in [1.82, 2.24) is 20.3 Å². The molecule has 3 N–H and O–H groups in total.